The van der Waals surface area contributed by atoms with E-state index in [1.54, 1.807) is 6.20 Å². The van der Waals surface area contributed by atoms with Gasteiger partial charge in [0.2, 0.25) is 0 Å². The first-order chi connectivity index (χ1) is 19.7. The second-order valence-electron chi connectivity index (χ2n) is 12.0. The molecule has 1 aromatic carbocycles. The van der Waals surface area contributed by atoms with Gasteiger partial charge in [0.25, 0.3) is 0 Å². The third-order valence-electron chi connectivity index (χ3n) is 7.96. The van der Waals surface area contributed by atoms with Gasteiger partial charge in [-0.15, -0.1) is 6.42 Å². The molecule has 1 fully saturated rings. The van der Waals surface area contributed by atoms with Gasteiger partial charge in [0.05, 0.1) is 12.2 Å². The first-order valence-electron chi connectivity index (χ1n) is 14.7. The molecule has 0 radical (unpaired) electrons. The van der Waals surface area contributed by atoms with E-state index in [0.717, 1.165) is 50.6 Å². The Bertz CT molecular complexity index is 1310. The SMILES string of the molecule is C#CC1/C(=C\CCC/C=C\N)C(CCn2ccnc2)=Cc2cc(Cl)ccc2C1C1CCN(C(=O)OC(C)(C)C)CC1. The lowest BCUT2D eigenvalue weighted by molar-refractivity contribution is 0.0170. The van der Waals surface area contributed by atoms with E-state index in [-0.39, 0.29) is 17.9 Å². The van der Waals surface area contributed by atoms with Gasteiger partial charge < -0.3 is 19.9 Å². The van der Waals surface area contributed by atoms with Crippen LogP contribution < -0.4 is 5.73 Å². The number of ether oxygens (including phenoxy) is 1. The number of aromatic nitrogens is 2. The van der Waals surface area contributed by atoms with Gasteiger partial charge in [-0.1, -0.05) is 41.8 Å². The monoisotopic (exact) mass is 574 g/mol. The molecule has 1 aliphatic heterocycles. The number of allylic oxidation sites excluding steroid dienone is 4. The summed E-state index contributed by atoms with van der Waals surface area (Å²) < 4.78 is 7.75. The molecule has 0 bridgehead atoms. The number of hydrogen-bond acceptors (Lipinski definition) is 4. The van der Waals surface area contributed by atoms with Crippen LogP contribution in [0.3, 0.4) is 0 Å². The summed E-state index contributed by atoms with van der Waals surface area (Å²) in [6.45, 7) is 7.83. The number of rotatable bonds is 8. The summed E-state index contributed by atoms with van der Waals surface area (Å²) in [6, 6.07) is 6.20. The molecule has 1 saturated heterocycles. The van der Waals surface area contributed by atoms with Crippen molar-refractivity contribution in [2.45, 2.75) is 77.4 Å². The van der Waals surface area contributed by atoms with Crippen molar-refractivity contribution in [2.75, 3.05) is 13.1 Å². The standard InChI is InChI=1S/C34H43ClN4O2/c1-5-29-30(10-8-6-7-9-16-36)26(13-18-38-21-17-37-24-38)22-27-23-28(35)11-12-31(27)32(29)25-14-19-39(20-15-25)33(40)41-34(2,3)4/h1,9-12,16-17,21-25,29,32H,6-8,13-15,18-20,36H2,2-4H3/b16-9-,30-10-. The molecule has 2 aliphatic rings. The van der Waals surface area contributed by atoms with Gasteiger partial charge in [0.1, 0.15) is 5.60 Å². The smallest absolute Gasteiger partial charge is 0.410 e. The number of unbranched alkanes of at least 4 members (excludes halogenated alkanes) is 2. The number of imidazole rings is 1. The number of carbonyl (C=O) groups is 1. The lowest BCUT2D eigenvalue weighted by atomic mass is 9.70. The zero-order valence-corrected chi connectivity index (χ0v) is 25.3. The number of halogens is 1. The summed E-state index contributed by atoms with van der Waals surface area (Å²) in [5.74, 6) is 3.58. The minimum atomic E-state index is -0.513. The number of nitrogens with two attached hydrogens (primary N) is 1. The minimum absolute atomic E-state index is 0.0883. The Labute approximate surface area is 250 Å². The van der Waals surface area contributed by atoms with E-state index in [4.69, 9.17) is 28.5 Å². The zero-order valence-electron chi connectivity index (χ0n) is 24.6. The molecule has 4 rings (SSSR count). The summed E-state index contributed by atoms with van der Waals surface area (Å²) in [6.07, 6.45) is 25.5. The van der Waals surface area contributed by atoms with Crippen LogP contribution in [0, 0.1) is 24.2 Å². The molecule has 7 heteroatoms. The Morgan fingerprint density at radius 2 is 2.05 bits per heavy atom. The van der Waals surface area contributed by atoms with Crippen molar-refractivity contribution in [2.24, 2.45) is 17.6 Å². The lowest BCUT2D eigenvalue weighted by Crippen LogP contribution is -2.43. The van der Waals surface area contributed by atoms with Gasteiger partial charge in [-0.05, 0) is 106 Å². The molecule has 2 unspecified atom stereocenters. The lowest BCUT2D eigenvalue weighted by Gasteiger charge is -2.39. The average molecular weight is 575 g/mol. The third kappa shape index (κ3) is 8.07. The van der Waals surface area contributed by atoms with Crippen molar-refractivity contribution in [1.29, 1.82) is 0 Å². The van der Waals surface area contributed by atoms with Gasteiger partial charge in [-0.25, -0.2) is 9.78 Å². The van der Waals surface area contributed by atoms with Crippen LogP contribution in [0.2, 0.25) is 5.02 Å². The van der Waals surface area contributed by atoms with Gasteiger partial charge >= 0.3 is 6.09 Å². The van der Waals surface area contributed by atoms with E-state index in [9.17, 15) is 4.79 Å². The maximum atomic E-state index is 12.8. The van der Waals surface area contributed by atoms with Gasteiger partial charge in [-0.3, -0.25) is 0 Å². The number of amides is 1. The quantitative estimate of drug-likeness (QED) is 0.260. The predicted octanol–water partition coefficient (Wildman–Crippen LogP) is 7.57. The molecular weight excluding hydrogens is 532 g/mol. The summed E-state index contributed by atoms with van der Waals surface area (Å²) in [4.78, 5) is 18.8. The highest BCUT2D eigenvalue weighted by atomic mass is 35.5. The van der Waals surface area contributed by atoms with Crippen LogP contribution >= 0.6 is 11.6 Å². The highest BCUT2D eigenvalue weighted by molar-refractivity contribution is 6.30. The van der Waals surface area contributed by atoms with Crippen LogP contribution in [-0.2, 0) is 11.3 Å². The molecule has 218 valence electrons. The van der Waals surface area contributed by atoms with Crippen LogP contribution in [-0.4, -0.2) is 39.2 Å². The topological polar surface area (TPSA) is 73.4 Å². The zero-order chi connectivity index (χ0) is 29.4. The Hall–Kier alpha value is -3.43. The van der Waals surface area contributed by atoms with E-state index < -0.39 is 5.60 Å². The van der Waals surface area contributed by atoms with Crippen molar-refractivity contribution in [1.82, 2.24) is 14.5 Å². The molecular formula is C34H43ClN4O2. The molecule has 0 saturated carbocycles. The maximum Gasteiger partial charge on any atom is 0.410 e. The van der Waals surface area contributed by atoms with Crippen molar-refractivity contribution in [3.63, 3.8) is 0 Å². The molecule has 0 spiro atoms. The summed E-state index contributed by atoms with van der Waals surface area (Å²) in [5.41, 5.74) is 9.90. The number of aryl methyl sites for hydroxylation is 1. The Morgan fingerprint density at radius 3 is 2.71 bits per heavy atom. The number of carbonyl (C=O) groups excluding carboxylic acids is 1. The summed E-state index contributed by atoms with van der Waals surface area (Å²) in [7, 11) is 0. The fourth-order valence-electron chi connectivity index (χ4n) is 6.04. The van der Waals surface area contributed by atoms with Gasteiger partial charge in [0, 0.05) is 43.0 Å². The number of hydrogen-bond donors (Lipinski definition) is 1. The van der Waals surface area contributed by atoms with Crippen LogP contribution in [0.25, 0.3) is 6.08 Å². The van der Waals surface area contributed by atoms with E-state index >= 15 is 0 Å². The third-order valence-corrected chi connectivity index (χ3v) is 8.19. The summed E-state index contributed by atoms with van der Waals surface area (Å²) in [5, 5.41) is 0.714. The second kappa shape index (κ2) is 14.0. The summed E-state index contributed by atoms with van der Waals surface area (Å²) >= 11 is 6.54. The molecule has 2 aromatic rings. The fourth-order valence-corrected chi connectivity index (χ4v) is 6.22. The number of fused-ring (bicyclic) bond motifs is 1. The van der Waals surface area contributed by atoms with Gasteiger partial charge in [0.15, 0.2) is 0 Å². The first kappa shape index (κ1) is 30.5. The molecule has 2 heterocycles. The van der Waals surface area contributed by atoms with E-state index in [0.29, 0.717) is 24.0 Å². The largest absolute Gasteiger partial charge is 0.444 e. The molecule has 2 N–H and O–H groups in total. The number of terminal acetylenes is 1. The molecule has 1 aliphatic carbocycles. The van der Waals surface area contributed by atoms with E-state index in [2.05, 4.69) is 39.8 Å². The Kier molecular flexibility index (Phi) is 10.4. The molecule has 41 heavy (non-hydrogen) atoms. The molecule has 1 amide bonds. The highest BCUT2D eigenvalue weighted by Crippen LogP contribution is 2.48. The Balaban J connectivity index is 1.67. The normalized spacial score (nSPS) is 20.9. The maximum absolute atomic E-state index is 12.8. The van der Waals surface area contributed by atoms with Crippen LogP contribution in [0.15, 0.2) is 66.4 Å². The van der Waals surface area contributed by atoms with Crippen LogP contribution in [0.4, 0.5) is 4.79 Å². The van der Waals surface area contributed by atoms with E-state index in [1.165, 1.54) is 16.7 Å². The fraction of sp³-hybridized carbons (Fsp3) is 0.471. The molecule has 6 nitrogen and oxygen atoms in total. The van der Waals surface area contributed by atoms with Crippen molar-refractivity contribution in [3.8, 4) is 12.3 Å². The van der Waals surface area contributed by atoms with Crippen LogP contribution in [0.1, 0.15) is 76.3 Å². The van der Waals surface area contributed by atoms with Crippen molar-refractivity contribution >= 4 is 23.8 Å². The number of likely N-dealkylation sites (tertiary alicyclic amines) is 1. The van der Waals surface area contributed by atoms with Crippen molar-refractivity contribution < 1.29 is 9.53 Å². The number of piperidine rings is 1. The minimum Gasteiger partial charge on any atom is -0.444 e. The number of nitrogens with zero attached hydrogens (tertiary/aromatic N) is 3. The number of benzene rings is 1. The first-order valence-corrected chi connectivity index (χ1v) is 15.0. The molecule has 1 aromatic heterocycles. The average Bonchev–Trinajstić information content (AvgIpc) is 3.42. The Morgan fingerprint density at radius 1 is 1.27 bits per heavy atom. The van der Waals surface area contributed by atoms with Crippen LogP contribution in [0.5, 0.6) is 0 Å². The predicted molar refractivity (Wildman–Crippen MR) is 167 cm³/mol. The highest BCUT2D eigenvalue weighted by Gasteiger charge is 2.39. The van der Waals surface area contributed by atoms with Gasteiger partial charge in [-0.2, -0.15) is 0 Å². The van der Waals surface area contributed by atoms with E-state index in [1.807, 2.05) is 56.5 Å². The van der Waals surface area contributed by atoms with Crippen molar-refractivity contribution in [3.05, 3.63) is 82.6 Å². The molecule has 2 atom stereocenters. The second-order valence-corrected chi connectivity index (χ2v) is 12.4.